The Bertz CT molecular complexity index is 559. The van der Waals surface area contributed by atoms with Crippen LogP contribution in [0.2, 0.25) is 0 Å². The lowest BCUT2D eigenvalue weighted by atomic mass is 10.00. The molecule has 7 nitrogen and oxygen atoms in total. The average Bonchev–Trinajstić information content (AvgIpc) is 2.56. The van der Waals surface area contributed by atoms with Crippen LogP contribution in [0.15, 0.2) is 29.3 Å². The first kappa shape index (κ1) is 20.5. The highest BCUT2D eigenvalue weighted by atomic mass is 127. The van der Waals surface area contributed by atoms with Gasteiger partial charge in [-0.05, 0) is 24.8 Å². The summed E-state index contributed by atoms with van der Waals surface area (Å²) in [5.74, 6) is 1.69. The van der Waals surface area contributed by atoms with Crippen molar-refractivity contribution in [2.45, 2.75) is 19.8 Å². The summed E-state index contributed by atoms with van der Waals surface area (Å²) >= 11 is 0. The normalized spacial score (nSPS) is 15.6. The Morgan fingerprint density at radius 2 is 2.00 bits per heavy atom. The van der Waals surface area contributed by atoms with E-state index in [0.29, 0.717) is 18.8 Å². The van der Waals surface area contributed by atoms with E-state index in [2.05, 4.69) is 27.4 Å². The van der Waals surface area contributed by atoms with E-state index in [-0.39, 0.29) is 34.6 Å². The number of nitro benzene ring substituents is 1. The molecule has 0 atom stereocenters. The SMILES string of the molecule is CN=C(NCCNc1ccccc1[N+](=O)[O-])N1CCC(C)CC1.I. The van der Waals surface area contributed by atoms with Crippen LogP contribution in [0, 0.1) is 16.0 Å². The van der Waals surface area contributed by atoms with Crippen molar-refractivity contribution in [3.8, 4) is 0 Å². The molecule has 0 saturated carbocycles. The van der Waals surface area contributed by atoms with E-state index in [0.717, 1.165) is 25.0 Å². The molecule has 2 rings (SSSR count). The lowest BCUT2D eigenvalue weighted by Crippen LogP contribution is -2.46. The van der Waals surface area contributed by atoms with Crippen LogP contribution < -0.4 is 10.6 Å². The highest BCUT2D eigenvalue weighted by molar-refractivity contribution is 14.0. The number of piperidine rings is 1. The van der Waals surface area contributed by atoms with Crippen molar-refractivity contribution in [1.82, 2.24) is 10.2 Å². The second kappa shape index (κ2) is 10.3. The molecule has 1 aliphatic rings. The average molecular weight is 447 g/mol. The fourth-order valence-electron chi connectivity index (χ4n) is 2.71. The van der Waals surface area contributed by atoms with Gasteiger partial charge >= 0.3 is 0 Å². The van der Waals surface area contributed by atoms with Crippen LogP contribution in [-0.4, -0.2) is 49.0 Å². The molecule has 0 aliphatic carbocycles. The van der Waals surface area contributed by atoms with Crippen LogP contribution in [0.25, 0.3) is 0 Å². The van der Waals surface area contributed by atoms with Gasteiger partial charge in [0.25, 0.3) is 5.69 Å². The van der Waals surface area contributed by atoms with Gasteiger partial charge < -0.3 is 15.5 Å². The lowest BCUT2D eigenvalue weighted by molar-refractivity contribution is -0.384. The molecule has 0 spiro atoms. The Hall–Kier alpha value is -1.58. The number of nitro groups is 1. The fraction of sp³-hybridized carbons (Fsp3) is 0.562. The van der Waals surface area contributed by atoms with E-state index in [1.54, 1.807) is 25.2 Å². The Kier molecular flexibility index (Phi) is 8.80. The number of likely N-dealkylation sites (tertiary alicyclic amines) is 1. The Morgan fingerprint density at radius 1 is 1.33 bits per heavy atom. The van der Waals surface area contributed by atoms with E-state index in [1.165, 1.54) is 18.9 Å². The van der Waals surface area contributed by atoms with E-state index in [4.69, 9.17) is 0 Å². The van der Waals surface area contributed by atoms with Gasteiger partial charge in [0.2, 0.25) is 0 Å². The number of halogens is 1. The number of hydrogen-bond acceptors (Lipinski definition) is 4. The molecule has 1 saturated heterocycles. The van der Waals surface area contributed by atoms with Crippen molar-refractivity contribution in [3.63, 3.8) is 0 Å². The van der Waals surface area contributed by atoms with Crippen molar-refractivity contribution >= 4 is 41.3 Å². The minimum absolute atomic E-state index is 0. The van der Waals surface area contributed by atoms with Gasteiger partial charge in [-0.3, -0.25) is 15.1 Å². The molecule has 1 fully saturated rings. The number of aliphatic imine (C=N–C) groups is 1. The molecule has 0 radical (unpaired) electrons. The summed E-state index contributed by atoms with van der Waals surface area (Å²) in [5.41, 5.74) is 0.642. The molecule has 8 heteroatoms. The number of rotatable bonds is 5. The second-order valence-corrected chi connectivity index (χ2v) is 5.84. The molecule has 2 N–H and O–H groups in total. The van der Waals surface area contributed by atoms with Crippen molar-refractivity contribution in [1.29, 1.82) is 0 Å². The molecule has 0 unspecified atom stereocenters. The van der Waals surface area contributed by atoms with Gasteiger partial charge in [0, 0.05) is 39.3 Å². The van der Waals surface area contributed by atoms with E-state index >= 15 is 0 Å². The summed E-state index contributed by atoms with van der Waals surface area (Å²) in [4.78, 5) is 17.2. The van der Waals surface area contributed by atoms with E-state index in [9.17, 15) is 10.1 Å². The first-order chi connectivity index (χ1) is 11.1. The number of guanidine groups is 1. The molecular weight excluding hydrogens is 421 g/mol. The quantitative estimate of drug-likeness (QED) is 0.181. The molecule has 0 bridgehead atoms. The monoisotopic (exact) mass is 447 g/mol. The van der Waals surface area contributed by atoms with Crippen molar-refractivity contribution in [2.24, 2.45) is 10.9 Å². The topological polar surface area (TPSA) is 82.8 Å². The summed E-state index contributed by atoms with van der Waals surface area (Å²) in [7, 11) is 1.79. The largest absolute Gasteiger partial charge is 0.378 e. The van der Waals surface area contributed by atoms with Gasteiger partial charge in [-0.1, -0.05) is 19.1 Å². The first-order valence-electron chi connectivity index (χ1n) is 8.04. The number of benzene rings is 1. The third kappa shape index (κ3) is 5.81. The molecule has 1 aromatic carbocycles. The van der Waals surface area contributed by atoms with Crippen LogP contribution in [-0.2, 0) is 0 Å². The highest BCUT2D eigenvalue weighted by Gasteiger charge is 2.18. The minimum atomic E-state index is -0.371. The number of anilines is 1. The standard InChI is InChI=1S/C16H25N5O2.HI/c1-13-7-11-20(12-8-13)16(17-2)19-10-9-18-14-5-3-4-6-15(14)21(22)23;/h3-6,13,18H,7-12H2,1-2H3,(H,17,19);1H. The minimum Gasteiger partial charge on any atom is -0.378 e. The van der Waals surface area contributed by atoms with Gasteiger partial charge in [-0.15, -0.1) is 24.0 Å². The lowest BCUT2D eigenvalue weighted by Gasteiger charge is -2.32. The Morgan fingerprint density at radius 3 is 2.62 bits per heavy atom. The molecular formula is C16H26IN5O2. The number of para-hydroxylation sites is 2. The Balaban J connectivity index is 0.00000288. The van der Waals surface area contributed by atoms with Crippen molar-refractivity contribution in [2.75, 3.05) is 38.5 Å². The fourth-order valence-corrected chi connectivity index (χ4v) is 2.71. The molecule has 1 aliphatic heterocycles. The van der Waals surface area contributed by atoms with Crippen LogP contribution >= 0.6 is 24.0 Å². The van der Waals surface area contributed by atoms with Crippen molar-refractivity contribution in [3.05, 3.63) is 34.4 Å². The summed E-state index contributed by atoms with van der Waals surface area (Å²) in [5, 5.41) is 17.4. The molecule has 0 aromatic heterocycles. The maximum Gasteiger partial charge on any atom is 0.292 e. The summed E-state index contributed by atoms with van der Waals surface area (Å²) in [6, 6.07) is 6.68. The number of nitrogens with one attached hydrogen (secondary N) is 2. The summed E-state index contributed by atoms with van der Waals surface area (Å²) < 4.78 is 0. The van der Waals surface area contributed by atoms with Crippen molar-refractivity contribution < 1.29 is 4.92 Å². The van der Waals surface area contributed by atoms with E-state index < -0.39 is 0 Å². The third-order valence-electron chi connectivity index (χ3n) is 4.12. The summed E-state index contributed by atoms with van der Waals surface area (Å²) in [6.45, 7) is 5.58. The smallest absolute Gasteiger partial charge is 0.292 e. The van der Waals surface area contributed by atoms with Gasteiger partial charge in [0.05, 0.1) is 4.92 Å². The third-order valence-corrected chi connectivity index (χ3v) is 4.12. The number of nitrogens with zero attached hydrogens (tertiary/aromatic N) is 3. The first-order valence-corrected chi connectivity index (χ1v) is 8.04. The van der Waals surface area contributed by atoms with Crippen LogP contribution in [0.3, 0.4) is 0 Å². The van der Waals surface area contributed by atoms with Gasteiger partial charge in [-0.25, -0.2) is 0 Å². The molecule has 24 heavy (non-hydrogen) atoms. The maximum atomic E-state index is 11.0. The molecule has 134 valence electrons. The van der Waals surface area contributed by atoms with Gasteiger partial charge in [-0.2, -0.15) is 0 Å². The predicted octanol–water partition coefficient (Wildman–Crippen LogP) is 2.93. The zero-order chi connectivity index (χ0) is 16.7. The van der Waals surface area contributed by atoms with Crippen LogP contribution in [0.5, 0.6) is 0 Å². The predicted molar refractivity (Wildman–Crippen MR) is 108 cm³/mol. The molecule has 1 heterocycles. The Labute approximate surface area is 160 Å². The highest BCUT2D eigenvalue weighted by Crippen LogP contribution is 2.22. The zero-order valence-electron chi connectivity index (χ0n) is 14.2. The van der Waals surface area contributed by atoms with Crippen LogP contribution in [0.4, 0.5) is 11.4 Å². The maximum absolute atomic E-state index is 11.0. The van der Waals surface area contributed by atoms with E-state index in [1.807, 2.05) is 0 Å². The molecule has 0 amide bonds. The zero-order valence-corrected chi connectivity index (χ0v) is 16.5. The molecule has 1 aromatic rings. The van der Waals surface area contributed by atoms with Gasteiger partial charge in [0.1, 0.15) is 5.69 Å². The number of hydrogen-bond donors (Lipinski definition) is 2. The second-order valence-electron chi connectivity index (χ2n) is 5.84. The van der Waals surface area contributed by atoms with Gasteiger partial charge in [0.15, 0.2) is 5.96 Å². The summed E-state index contributed by atoms with van der Waals surface area (Å²) in [6.07, 6.45) is 2.38. The van der Waals surface area contributed by atoms with Crippen LogP contribution in [0.1, 0.15) is 19.8 Å².